The van der Waals surface area contributed by atoms with E-state index in [-0.39, 0.29) is 0 Å². The first kappa shape index (κ1) is 19.1. The average molecular weight is 396 g/mol. The van der Waals surface area contributed by atoms with Crippen molar-refractivity contribution in [2.75, 3.05) is 19.6 Å². The Labute approximate surface area is 171 Å². The fourth-order valence-electron chi connectivity index (χ4n) is 3.65. The first-order valence-corrected chi connectivity index (χ1v) is 10.3. The van der Waals surface area contributed by atoms with E-state index in [4.69, 9.17) is 21.8 Å². The molecule has 2 heterocycles. The molecule has 146 valence electrons. The lowest BCUT2D eigenvalue weighted by Gasteiger charge is -2.22. The Balaban J connectivity index is 1.51. The maximum absolute atomic E-state index is 6.32. The largest absolute Gasteiger partial charge is 0.317 e. The molecule has 0 saturated carbocycles. The molecule has 1 aromatic heterocycles. The predicted molar refractivity (Wildman–Crippen MR) is 113 cm³/mol. The zero-order chi connectivity index (χ0) is 19.2. The Morgan fingerprint density at radius 2 is 1.75 bits per heavy atom. The molecule has 0 spiro atoms. The smallest absolute Gasteiger partial charge is 0.117 e. The third-order valence-corrected chi connectivity index (χ3v) is 5.59. The molecule has 0 amide bonds. The molecule has 2 aromatic carbocycles. The second-order valence-corrected chi connectivity index (χ2v) is 7.71. The summed E-state index contributed by atoms with van der Waals surface area (Å²) in [6, 6.07) is 18.1. The second-order valence-electron chi connectivity index (χ2n) is 7.31. The van der Waals surface area contributed by atoms with E-state index >= 15 is 0 Å². The SMILES string of the molecule is Clc1ccccc1Cn1nc(CNCC2CCNCC2)c(-c2ccccc2)n1. The van der Waals surface area contributed by atoms with Crippen LogP contribution in [-0.4, -0.2) is 34.6 Å². The van der Waals surface area contributed by atoms with Crippen molar-refractivity contribution in [3.8, 4) is 11.3 Å². The molecule has 0 radical (unpaired) electrons. The van der Waals surface area contributed by atoms with Crippen molar-refractivity contribution in [3.05, 3.63) is 70.9 Å². The summed E-state index contributed by atoms with van der Waals surface area (Å²) < 4.78 is 0. The topological polar surface area (TPSA) is 54.8 Å². The molecule has 1 fully saturated rings. The number of benzene rings is 2. The normalized spacial score (nSPS) is 15.0. The second kappa shape index (κ2) is 9.32. The van der Waals surface area contributed by atoms with Gasteiger partial charge in [-0.3, -0.25) is 0 Å². The van der Waals surface area contributed by atoms with E-state index in [1.807, 2.05) is 42.5 Å². The third kappa shape index (κ3) is 4.79. The molecule has 28 heavy (non-hydrogen) atoms. The summed E-state index contributed by atoms with van der Waals surface area (Å²) in [5.74, 6) is 0.736. The summed E-state index contributed by atoms with van der Waals surface area (Å²) in [4.78, 5) is 1.76. The van der Waals surface area contributed by atoms with E-state index in [0.29, 0.717) is 6.54 Å². The van der Waals surface area contributed by atoms with Gasteiger partial charge in [-0.05, 0) is 50.0 Å². The van der Waals surface area contributed by atoms with Gasteiger partial charge >= 0.3 is 0 Å². The number of aromatic nitrogens is 3. The van der Waals surface area contributed by atoms with Gasteiger partial charge in [0.25, 0.3) is 0 Å². The summed E-state index contributed by atoms with van der Waals surface area (Å²) >= 11 is 6.32. The van der Waals surface area contributed by atoms with Crippen molar-refractivity contribution in [1.82, 2.24) is 25.6 Å². The van der Waals surface area contributed by atoms with Gasteiger partial charge in [-0.15, -0.1) is 0 Å². The zero-order valence-corrected chi connectivity index (χ0v) is 16.7. The van der Waals surface area contributed by atoms with Gasteiger partial charge < -0.3 is 10.6 Å². The highest BCUT2D eigenvalue weighted by atomic mass is 35.5. The van der Waals surface area contributed by atoms with Gasteiger partial charge in [0.1, 0.15) is 11.4 Å². The standard InChI is InChI=1S/C22H26ClN5/c23-20-9-5-4-8-19(20)16-28-26-21(15-25-14-17-10-12-24-13-11-17)22(27-28)18-6-2-1-3-7-18/h1-9,17,24-25H,10-16H2. The molecule has 4 rings (SSSR count). The van der Waals surface area contributed by atoms with Crippen molar-refractivity contribution in [2.45, 2.75) is 25.9 Å². The van der Waals surface area contributed by atoms with Gasteiger partial charge in [0.05, 0.1) is 6.54 Å². The van der Waals surface area contributed by atoms with Crippen molar-refractivity contribution in [1.29, 1.82) is 0 Å². The molecular formula is C22H26ClN5. The lowest BCUT2D eigenvalue weighted by Crippen LogP contribution is -2.33. The molecule has 3 aromatic rings. The van der Waals surface area contributed by atoms with E-state index in [1.54, 1.807) is 4.80 Å². The molecule has 0 aliphatic carbocycles. The molecule has 6 heteroatoms. The number of nitrogens with one attached hydrogen (secondary N) is 2. The minimum atomic E-state index is 0.563. The Hall–Kier alpha value is -2.21. The molecule has 1 saturated heterocycles. The van der Waals surface area contributed by atoms with Crippen LogP contribution in [0, 0.1) is 5.92 Å². The monoisotopic (exact) mass is 395 g/mol. The molecular weight excluding hydrogens is 370 g/mol. The van der Waals surface area contributed by atoms with Gasteiger partial charge in [-0.25, -0.2) is 0 Å². The van der Waals surface area contributed by atoms with Crippen LogP contribution in [0.4, 0.5) is 0 Å². The fraction of sp³-hybridized carbons (Fsp3) is 0.364. The van der Waals surface area contributed by atoms with Crippen LogP contribution < -0.4 is 10.6 Å². The highest BCUT2D eigenvalue weighted by Gasteiger charge is 2.16. The third-order valence-electron chi connectivity index (χ3n) is 5.23. The van der Waals surface area contributed by atoms with E-state index < -0.39 is 0 Å². The highest BCUT2D eigenvalue weighted by Crippen LogP contribution is 2.22. The van der Waals surface area contributed by atoms with Crippen LogP contribution in [0.5, 0.6) is 0 Å². The lowest BCUT2D eigenvalue weighted by atomic mass is 9.98. The van der Waals surface area contributed by atoms with Crippen LogP contribution >= 0.6 is 11.6 Å². The summed E-state index contributed by atoms with van der Waals surface area (Å²) in [6.45, 7) is 4.54. The Bertz CT molecular complexity index is 887. The molecule has 0 bridgehead atoms. The van der Waals surface area contributed by atoms with Crippen molar-refractivity contribution >= 4 is 11.6 Å². The summed E-state index contributed by atoms with van der Waals surface area (Å²) in [6.07, 6.45) is 2.47. The Morgan fingerprint density at radius 3 is 2.54 bits per heavy atom. The summed E-state index contributed by atoms with van der Waals surface area (Å²) in [5, 5.41) is 17.3. The zero-order valence-electron chi connectivity index (χ0n) is 15.9. The van der Waals surface area contributed by atoms with Gasteiger partial charge in [0.15, 0.2) is 0 Å². The van der Waals surface area contributed by atoms with Crippen molar-refractivity contribution < 1.29 is 0 Å². The number of hydrogen-bond acceptors (Lipinski definition) is 4. The van der Waals surface area contributed by atoms with Gasteiger partial charge in [0, 0.05) is 17.1 Å². The first-order valence-electron chi connectivity index (χ1n) is 9.94. The van der Waals surface area contributed by atoms with Crippen LogP contribution in [0.1, 0.15) is 24.1 Å². The van der Waals surface area contributed by atoms with Crippen LogP contribution in [0.3, 0.4) is 0 Å². The number of rotatable bonds is 7. The van der Waals surface area contributed by atoms with Crippen LogP contribution in [0.25, 0.3) is 11.3 Å². The fourth-order valence-corrected chi connectivity index (χ4v) is 3.85. The number of halogens is 1. The maximum atomic E-state index is 6.32. The highest BCUT2D eigenvalue weighted by molar-refractivity contribution is 6.31. The predicted octanol–water partition coefficient (Wildman–Crippen LogP) is 3.74. The molecule has 1 aliphatic rings. The van der Waals surface area contributed by atoms with E-state index in [2.05, 4.69) is 22.8 Å². The lowest BCUT2D eigenvalue weighted by molar-refractivity contribution is 0.355. The summed E-state index contributed by atoms with van der Waals surface area (Å²) in [5.41, 5.74) is 4.03. The van der Waals surface area contributed by atoms with Crippen LogP contribution in [0.2, 0.25) is 5.02 Å². The summed E-state index contributed by atoms with van der Waals surface area (Å²) in [7, 11) is 0. The number of piperidine rings is 1. The molecule has 5 nitrogen and oxygen atoms in total. The van der Waals surface area contributed by atoms with Gasteiger partial charge in [-0.1, -0.05) is 60.1 Å². The van der Waals surface area contributed by atoms with E-state index in [9.17, 15) is 0 Å². The number of nitrogens with zero attached hydrogens (tertiary/aromatic N) is 3. The minimum Gasteiger partial charge on any atom is -0.317 e. The maximum Gasteiger partial charge on any atom is 0.117 e. The quantitative estimate of drug-likeness (QED) is 0.640. The van der Waals surface area contributed by atoms with Gasteiger partial charge in [0.2, 0.25) is 0 Å². The Morgan fingerprint density at radius 1 is 1.00 bits per heavy atom. The molecule has 1 aliphatic heterocycles. The average Bonchev–Trinajstić information content (AvgIpc) is 3.14. The molecule has 0 atom stereocenters. The minimum absolute atomic E-state index is 0.563. The van der Waals surface area contributed by atoms with E-state index in [0.717, 1.165) is 59.6 Å². The first-order chi connectivity index (χ1) is 13.8. The number of hydrogen-bond donors (Lipinski definition) is 2. The van der Waals surface area contributed by atoms with Crippen molar-refractivity contribution in [3.63, 3.8) is 0 Å². The molecule has 2 N–H and O–H groups in total. The van der Waals surface area contributed by atoms with Gasteiger partial charge in [-0.2, -0.15) is 15.0 Å². The molecule has 0 unspecified atom stereocenters. The Kier molecular flexibility index (Phi) is 6.37. The van der Waals surface area contributed by atoms with Crippen molar-refractivity contribution in [2.24, 2.45) is 5.92 Å². The van der Waals surface area contributed by atoms with Crippen LogP contribution in [-0.2, 0) is 13.1 Å². The van der Waals surface area contributed by atoms with E-state index in [1.165, 1.54) is 12.8 Å². The van der Waals surface area contributed by atoms with Crippen LogP contribution in [0.15, 0.2) is 54.6 Å².